The molecule has 0 bridgehead atoms. The van der Waals surface area contributed by atoms with Crippen molar-refractivity contribution in [1.82, 2.24) is 25.9 Å². The maximum absolute atomic E-state index is 12.4. The second-order valence-electron chi connectivity index (χ2n) is 8.91. The monoisotopic (exact) mass is 429 g/mol. The van der Waals surface area contributed by atoms with Crippen LogP contribution in [0.25, 0.3) is 22.4 Å². The van der Waals surface area contributed by atoms with E-state index in [0.717, 1.165) is 60.6 Å². The predicted octanol–water partition coefficient (Wildman–Crippen LogP) is 4.10. The Hall–Kier alpha value is -2.96. The molecule has 32 heavy (non-hydrogen) atoms. The Morgan fingerprint density at radius 3 is 2.25 bits per heavy atom. The minimum Gasteiger partial charge on any atom is -0.348 e. The molecule has 0 aliphatic carbocycles. The first kappa shape index (κ1) is 20.9. The lowest BCUT2D eigenvalue weighted by molar-refractivity contribution is -0.123. The van der Waals surface area contributed by atoms with Gasteiger partial charge in [0.05, 0.1) is 30.0 Å². The number of nitrogens with zero attached hydrogens (tertiary/aromatic N) is 1. The van der Waals surface area contributed by atoms with Crippen LogP contribution in [0.5, 0.6) is 0 Å². The normalized spacial score (nSPS) is 21.5. The maximum Gasteiger partial charge on any atom is 0.237 e. The summed E-state index contributed by atoms with van der Waals surface area (Å²) in [4.78, 5) is 20.4. The number of nitrogens with one attached hydrogen (secondary N) is 4. The van der Waals surface area contributed by atoms with Crippen LogP contribution in [0, 0.1) is 0 Å². The van der Waals surface area contributed by atoms with Crippen LogP contribution in [0.15, 0.2) is 54.7 Å². The number of hydrogen-bond donors (Lipinski definition) is 4. The van der Waals surface area contributed by atoms with Gasteiger partial charge in [-0.2, -0.15) is 0 Å². The highest BCUT2D eigenvalue weighted by Crippen LogP contribution is 2.27. The molecular formula is C26H31N5O. The molecule has 6 nitrogen and oxygen atoms in total. The first-order chi connectivity index (χ1) is 15.7. The van der Waals surface area contributed by atoms with Crippen LogP contribution in [-0.4, -0.2) is 35.0 Å². The Balaban J connectivity index is 1.23. The van der Waals surface area contributed by atoms with E-state index in [4.69, 9.17) is 0 Å². The van der Waals surface area contributed by atoms with Crippen LogP contribution in [0.4, 0.5) is 0 Å². The van der Waals surface area contributed by atoms with Crippen molar-refractivity contribution in [2.24, 2.45) is 0 Å². The van der Waals surface area contributed by atoms with E-state index in [1.165, 1.54) is 12.0 Å². The molecule has 3 atom stereocenters. The van der Waals surface area contributed by atoms with Gasteiger partial charge in [-0.05, 0) is 68.0 Å². The zero-order valence-corrected chi connectivity index (χ0v) is 18.5. The molecule has 1 amide bonds. The molecule has 0 spiro atoms. The average molecular weight is 430 g/mol. The molecule has 4 N–H and O–H groups in total. The van der Waals surface area contributed by atoms with Gasteiger partial charge in [-0.3, -0.25) is 4.79 Å². The van der Waals surface area contributed by atoms with Crippen LogP contribution in [-0.2, 0) is 4.79 Å². The van der Waals surface area contributed by atoms with Crippen LogP contribution in [0.3, 0.4) is 0 Å². The molecule has 3 heterocycles. The van der Waals surface area contributed by atoms with Gasteiger partial charge < -0.3 is 20.9 Å². The highest BCUT2D eigenvalue weighted by molar-refractivity contribution is 5.82. The molecular weight excluding hydrogens is 398 g/mol. The smallest absolute Gasteiger partial charge is 0.237 e. The molecule has 2 aliphatic heterocycles. The molecule has 0 saturated carbocycles. The summed E-state index contributed by atoms with van der Waals surface area (Å²) >= 11 is 0. The number of imidazole rings is 1. The second-order valence-corrected chi connectivity index (χ2v) is 8.91. The molecule has 0 radical (unpaired) electrons. The van der Waals surface area contributed by atoms with Crippen molar-refractivity contribution < 1.29 is 4.79 Å². The predicted molar refractivity (Wildman–Crippen MR) is 127 cm³/mol. The van der Waals surface area contributed by atoms with E-state index in [2.05, 4.69) is 74.4 Å². The van der Waals surface area contributed by atoms with Gasteiger partial charge in [0.25, 0.3) is 0 Å². The standard InChI is InChI=1S/C26H31N5O/c1-17(30-26(32)23-5-3-15-28-23)18-6-8-19(9-7-18)20-10-12-21(13-11-20)24-16-29-25(31-24)22-4-2-14-27-22/h6-13,16-17,22-23,27-28H,2-5,14-15H2,1H3,(H,29,31)(H,30,32). The SMILES string of the molecule is CC(NC(=O)C1CCCN1)c1ccc(-c2ccc(-c3cnc(C4CCCN4)[nH]3)cc2)cc1. The van der Waals surface area contributed by atoms with Crippen LogP contribution >= 0.6 is 0 Å². The number of carbonyl (C=O) groups excluding carboxylic acids is 1. The lowest BCUT2D eigenvalue weighted by atomic mass is 10.00. The summed E-state index contributed by atoms with van der Waals surface area (Å²) in [5.41, 5.74) is 5.64. The topological polar surface area (TPSA) is 81.8 Å². The highest BCUT2D eigenvalue weighted by Gasteiger charge is 2.23. The number of benzene rings is 2. The van der Waals surface area contributed by atoms with Gasteiger partial charge in [-0.1, -0.05) is 48.5 Å². The Morgan fingerprint density at radius 1 is 0.938 bits per heavy atom. The molecule has 5 rings (SSSR count). The number of aromatic amines is 1. The van der Waals surface area contributed by atoms with E-state index < -0.39 is 0 Å². The van der Waals surface area contributed by atoms with Crippen LogP contribution in [0.2, 0.25) is 0 Å². The lowest BCUT2D eigenvalue weighted by Gasteiger charge is -2.18. The number of aromatic nitrogens is 2. The molecule has 1 aromatic heterocycles. The van der Waals surface area contributed by atoms with Gasteiger partial charge in [0.1, 0.15) is 5.82 Å². The van der Waals surface area contributed by atoms with Gasteiger partial charge in [-0.15, -0.1) is 0 Å². The third-order valence-electron chi connectivity index (χ3n) is 6.66. The fraction of sp³-hybridized carbons (Fsp3) is 0.385. The molecule has 2 saturated heterocycles. The van der Waals surface area contributed by atoms with Gasteiger partial charge >= 0.3 is 0 Å². The van der Waals surface area contributed by atoms with E-state index in [9.17, 15) is 4.79 Å². The summed E-state index contributed by atoms with van der Waals surface area (Å²) in [7, 11) is 0. The summed E-state index contributed by atoms with van der Waals surface area (Å²) in [5.74, 6) is 1.13. The fourth-order valence-electron chi connectivity index (χ4n) is 4.69. The summed E-state index contributed by atoms with van der Waals surface area (Å²) in [6, 6.07) is 17.3. The number of carbonyl (C=O) groups is 1. The Kier molecular flexibility index (Phi) is 6.06. The van der Waals surface area contributed by atoms with Crippen LogP contribution in [0.1, 0.15) is 56.1 Å². The Labute approximate surface area is 189 Å². The molecule has 3 aromatic rings. The minimum absolute atomic E-state index is 0.00902. The van der Waals surface area contributed by atoms with Crippen LogP contribution < -0.4 is 16.0 Å². The first-order valence-corrected chi connectivity index (χ1v) is 11.7. The van der Waals surface area contributed by atoms with Crippen molar-refractivity contribution >= 4 is 5.91 Å². The summed E-state index contributed by atoms with van der Waals surface area (Å²) in [5, 5.41) is 9.87. The summed E-state index contributed by atoms with van der Waals surface area (Å²) in [6.45, 7) is 4.03. The fourth-order valence-corrected chi connectivity index (χ4v) is 4.69. The van der Waals surface area contributed by atoms with Crippen molar-refractivity contribution in [3.63, 3.8) is 0 Å². The first-order valence-electron chi connectivity index (χ1n) is 11.7. The van der Waals surface area contributed by atoms with Crippen molar-refractivity contribution in [2.45, 2.75) is 50.7 Å². The number of amides is 1. The largest absolute Gasteiger partial charge is 0.348 e. The Morgan fingerprint density at radius 2 is 1.59 bits per heavy atom. The molecule has 3 unspecified atom stereocenters. The maximum atomic E-state index is 12.4. The number of H-pyrrole nitrogens is 1. The van der Waals surface area contributed by atoms with E-state index in [-0.39, 0.29) is 18.0 Å². The zero-order valence-electron chi connectivity index (χ0n) is 18.5. The number of hydrogen-bond acceptors (Lipinski definition) is 4. The molecule has 2 aliphatic rings. The van der Waals surface area contributed by atoms with Crippen molar-refractivity contribution in [1.29, 1.82) is 0 Å². The molecule has 6 heteroatoms. The second kappa shape index (κ2) is 9.27. The van der Waals surface area contributed by atoms with Gasteiger partial charge in [0, 0.05) is 0 Å². The van der Waals surface area contributed by atoms with E-state index >= 15 is 0 Å². The summed E-state index contributed by atoms with van der Waals surface area (Å²) in [6.07, 6.45) is 6.26. The molecule has 166 valence electrons. The third-order valence-corrected chi connectivity index (χ3v) is 6.66. The molecule has 2 fully saturated rings. The van der Waals surface area contributed by atoms with Gasteiger partial charge in [-0.25, -0.2) is 4.98 Å². The average Bonchev–Trinajstić information content (AvgIpc) is 3.61. The van der Waals surface area contributed by atoms with E-state index in [0.29, 0.717) is 6.04 Å². The molecule has 2 aromatic carbocycles. The van der Waals surface area contributed by atoms with Crippen molar-refractivity contribution in [3.05, 3.63) is 66.1 Å². The quantitative estimate of drug-likeness (QED) is 0.476. The van der Waals surface area contributed by atoms with Gasteiger partial charge in [0.2, 0.25) is 5.91 Å². The van der Waals surface area contributed by atoms with Crippen molar-refractivity contribution in [3.8, 4) is 22.4 Å². The van der Waals surface area contributed by atoms with E-state index in [1.54, 1.807) is 0 Å². The minimum atomic E-state index is -0.0457. The van der Waals surface area contributed by atoms with Crippen molar-refractivity contribution in [2.75, 3.05) is 13.1 Å². The highest BCUT2D eigenvalue weighted by atomic mass is 16.2. The lowest BCUT2D eigenvalue weighted by Crippen LogP contribution is -2.41. The summed E-state index contributed by atoms with van der Waals surface area (Å²) < 4.78 is 0. The Bertz CT molecular complexity index is 1040. The van der Waals surface area contributed by atoms with E-state index in [1.807, 2.05) is 13.1 Å². The van der Waals surface area contributed by atoms with Gasteiger partial charge in [0.15, 0.2) is 0 Å². The zero-order chi connectivity index (χ0) is 21.9. The number of rotatable bonds is 6. The third kappa shape index (κ3) is 4.47.